The second-order valence-corrected chi connectivity index (χ2v) is 4.01. The van der Waals surface area contributed by atoms with Gasteiger partial charge in [-0.05, 0) is 12.1 Å². The monoisotopic (exact) mass is 265 g/mol. The van der Waals surface area contributed by atoms with Crippen LogP contribution in [-0.4, -0.2) is 29.0 Å². The second kappa shape index (κ2) is 5.97. The van der Waals surface area contributed by atoms with Crippen LogP contribution in [0.5, 0.6) is 11.5 Å². The molecule has 0 fully saturated rings. The van der Waals surface area contributed by atoms with E-state index in [1.807, 2.05) is 6.07 Å². The molecule has 2 aromatic rings. The van der Waals surface area contributed by atoms with Gasteiger partial charge in [0.05, 0.1) is 7.11 Å². The van der Waals surface area contributed by atoms with Gasteiger partial charge in [-0.3, -0.25) is 10.1 Å². The van der Waals surface area contributed by atoms with Gasteiger partial charge in [0.15, 0.2) is 18.1 Å². The quantitative estimate of drug-likeness (QED) is 0.888. The van der Waals surface area contributed by atoms with Gasteiger partial charge >= 0.3 is 0 Å². The third-order valence-electron chi connectivity index (χ3n) is 2.04. The molecule has 7 heteroatoms. The minimum Gasteiger partial charge on any atom is -0.493 e. The molecule has 18 heavy (non-hydrogen) atoms. The summed E-state index contributed by atoms with van der Waals surface area (Å²) in [5, 5.41) is 3.02. The second-order valence-electron chi connectivity index (χ2n) is 3.23. The lowest BCUT2D eigenvalue weighted by atomic mass is 10.3. The van der Waals surface area contributed by atoms with E-state index in [9.17, 15) is 4.79 Å². The number of nitrogens with zero attached hydrogens (tertiary/aromatic N) is 2. The highest BCUT2D eigenvalue weighted by molar-refractivity contribution is 7.09. The van der Waals surface area contributed by atoms with Gasteiger partial charge in [-0.15, -0.1) is 0 Å². The van der Waals surface area contributed by atoms with Crippen LogP contribution in [0.15, 0.2) is 30.6 Å². The van der Waals surface area contributed by atoms with Crippen molar-refractivity contribution in [3.63, 3.8) is 0 Å². The summed E-state index contributed by atoms with van der Waals surface area (Å²) < 4.78 is 14.2. The fourth-order valence-electron chi connectivity index (χ4n) is 1.26. The third-order valence-corrected chi connectivity index (χ3v) is 2.62. The summed E-state index contributed by atoms with van der Waals surface area (Å²) in [5.41, 5.74) is 0. The van der Waals surface area contributed by atoms with Crippen LogP contribution in [0.1, 0.15) is 0 Å². The number of anilines is 1. The zero-order valence-corrected chi connectivity index (χ0v) is 10.4. The largest absolute Gasteiger partial charge is 0.493 e. The number of para-hydroxylation sites is 2. The van der Waals surface area contributed by atoms with Crippen molar-refractivity contribution >= 4 is 22.6 Å². The normalized spacial score (nSPS) is 9.83. The Bertz CT molecular complexity index is 516. The molecule has 1 amide bonds. The van der Waals surface area contributed by atoms with Crippen LogP contribution in [0.4, 0.5) is 5.13 Å². The first-order valence-corrected chi connectivity index (χ1v) is 5.89. The van der Waals surface area contributed by atoms with Gasteiger partial charge in [0.25, 0.3) is 5.91 Å². The topological polar surface area (TPSA) is 73.3 Å². The Hall–Kier alpha value is -2.15. The van der Waals surface area contributed by atoms with E-state index in [0.717, 1.165) is 11.5 Å². The number of rotatable bonds is 5. The molecular weight excluding hydrogens is 254 g/mol. The van der Waals surface area contributed by atoms with Gasteiger partial charge in [0.1, 0.15) is 6.33 Å². The standard InChI is InChI=1S/C11H11N3O3S/c1-16-8-4-2-3-5-9(8)17-6-10(15)14-11-12-7-13-18-11/h2-5,7H,6H2,1H3,(H,12,13,14,15). The predicted octanol–water partition coefficient (Wildman–Crippen LogP) is 1.56. The fraction of sp³-hybridized carbons (Fsp3) is 0.182. The summed E-state index contributed by atoms with van der Waals surface area (Å²) in [5.74, 6) is 0.811. The van der Waals surface area contributed by atoms with Crippen LogP contribution in [-0.2, 0) is 4.79 Å². The van der Waals surface area contributed by atoms with Gasteiger partial charge in [-0.25, -0.2) is 4.98 Å². The highest BCUT2D eigenvalue weighted by atomic mass is 32.1. The maximum absolute atomic E-state index is 11.5. The molecule has 94 valence electrons. The Morgan fingerprint density at radius 3 is 2.83 bits per heavy atom. The zero-order valence-electron chi connectivity index (χ0n) is 9.62. The maximum atomic E-state index is 11.5. The molecule has 0 aliphatic carbocycles. The van der Waals surface area contributed by atoms with E-state index in [0.29, 0.717) is 16.6 Å². The average Bonchev–Trinajstić information content (AvgIpc) is 2.89. The SMILES string of the molecule is COc1ccccc1OCC(=O)Nc1ncns1. The number of aromatic nitrogens is 2. The van der Waals surface area contributed by atoms with Crippen LogP contribution >= 0.6 is 11.5 Å². The minimum absolute atomic E-state index is 0.111. The first-order chi connectivity index (χ1) is 8.79. The van der Waals surface area contributed by atoms with Crippen molar-refractivity contribution < 1.29 is 14.3 Å². The van der Waals surface area contributed by atoms with Crippen LogP contribution in [0.2, 0.25) is 0 Å². The number of carbonyl (C=O) groups excluding carboxylic acids is 1. The molecule has 6 nitrogen and oxygen atoms in total. The van der Waals surface area contributed by atoms with Crippen LogP contribution in [0.25, 0.3) is 0 Å². The molecule has 1 N–H and O–H groups in total. The van der Waals surface area contributed by atoms with E-state index in [2.05, 4.69) is 14.7 Å². The maximum Gasteiger partial charge on any atom is 0.264 e. The summed E-state index contributed by atoms with van der Waals surface area (Å²) >= 11 is 1.11. The smallest absolute Gasteiger partial charge is 0.264 e. The van der Waals surface area contributed by atoms with Crippen molar-refractivity contribution in [2.75, 3.05) is 19.0 Å². The highest BCUT2D eigenvalue weighted by Gasteiger charge is 2.08. The number of methoxy groups -OCH3 is 1. The minimum atomic E-state index is -0.294. The number of hydrogen-bond donors (Lipinski definition) is 1. The van der Waals surface area contributed by atoms with Crippen molar-refractivity contribution in [1.82, 2.24) is 9.36 Å². The molecule has 0 atom stereocenters. The predicted molar refractivity (Wildman–Crippen MR) is 67.0 cm³/mol. The van der Waals surface area contributed by atoms with E-state index >= 15 is 0 Å². The van der Waals surface area contributed by atoms with Gasteiger partial charge < -0.3 is 9.47 Å². The van der Waals surface area contributed by atoms with E-state index in [1.54, 1.807) is 25.3 Å². The summed E-state index contributed by atoms with van der Waals surface area (Å²) in [6, 6.07) is 7.13. The zero-order chi connectivity index (χ0) is 12.8. The lowest BCUT2D eigenvalue weighted by Crippen LogP contribution is -2.20. The molecule has 0 saturated heterocycles. The number of ether oxygens (including phenoxy) is 2. The number of carbonyl (C=O) groups is 1. The molecule has 0 aliphatic heterocycles. The summed E-state index contributed by atoms with van der Waals surface area (Å²) in [6.45, 7) is -0.111. The van der Waals surface area contributed by atoms with Crippen molar-refractivity contribution in [3.8, 4) is 11.5 Å². The Kier molecular flexibility index (Phi) is 4.08. The van der Waals surface area contributed by atoms with Gasteiger partial charge in [0.2, 0.25) is 5.13 Å². The van der Waals surface area contributed by atoms with Gasteiger partial charge in [0, 0.05) is 11.5 Å². The van der Waals surface area contributed by atoms with Crippen molar-refractivity contribution in [2.24, 2.45) is 0 Å². The number of hydrogen-bond acceptors (Lipinski definition) is 6. The van der Waals surface area contributed by atoms with E-state index in [1.165, 1.54) is 6.33 Å². The molecule has 0 radical (unpaired) electrons. The van der Waals surface area contributed by atoms with Crippen LogP contribution < -0.4 is 14.8 Å². The summed E-state index contributed by atoms with van der Waals surface area (Å²) in [7, 11) is 1.55. The molecule has 1 aromatic heterocycles. The van der Waals surface area contributed by atoms with E-state index < -0.39 is 0 Å². The first-order valence-electron chi connectivity index (χ1n) is 5.12. The molecule has 0 saturated carbocycles. The Balaban J connectivity index is 1.89. The molecule has 0 unspecified atom stereocenters. The van der Waals surface area contributed by atoms with Crippen molar-refractivity contribution in [3.05, 3.63) is 30.6 Å². The van der Waals surface area contributed by atoms with E-state index in [4.69, 9.17) is 9.47 Å². The van der Waals surface area contributed by atoms with E-state index in [-0.39, 0.29) is 12.5 Å². The number of nitrogens with one attached hydrogen (secondary N) is 1. The molecule has 2 rings (SSSR count). The molecule has 0 aliphatic rings. The Morgan fingerprint density at radius 2 is 2.17 bits per heavy atom. The molecule has 1 heterocycles. The summed E-state index contributed by atoms with van der Waals surface area (Å²) in [4.78, 5) is 15.4. The van der Waals surface area contributed by atoms with Crippen molar-refractivity contribution in [1.29, 1.82) is 0 Å². The third kappa shape index (κ3) is 3.17. The van der Waals surface area contributed by atoms with Crippen LogP contribution in [0.3, 0.4) is 0 Å². The average molecular weight is 265 g/mol. The first kappa shape index (κ1) is 12.3. The summed E-state index contributed by atoms with van der Waals surface area (Å²) in [6.07, 6.45) is 1.38. The number of benzene rings is 1. The lowest BCUT2D eigenvalue weighted by Gasteiger charge is -2.09. The number of amides is 1. The molecule has 1 aromatic carbocycles. The Labute approximate surface area is 108 Å². The van der Waals surface area contributed by atoms with Crippen molar-refractivity contribution in [2.45, 2.75) is 0 Å². The molecular formula is C11H11N3O3S. The Morgan fingerprint density at radius 1 is 1.39 bits per heavy atom. The fourth-order valence-corrected chi connectivity index (χ4v) is 1.71. The van der Waals surface area contributed by atoms with Gasteiger partial charge in [-0.1, -0.05) is 12.1 Å². The molecule has 0 bridgehead atoms. The highest BCUT2D eigenvalue weighted by Crippen LogP contribution is 2.25. The lowest BCUT2D eigenvalue weighted by molar-refractivity contribution is -0.118. The van der Waals surface area contributed by atoms with Gasteiger partial charge in [-0.2, -0.15) is 4.37 Å². The van der Waals surface area contributed by atoms with Crippen LogP contribution in [0, 0.1) is 0 Å². The molecule has 0 spiro atoms.